The average Bonchev–Trinajstić information content (AvgIpc) is 2.49. The molecule has 0 spiro atoms. The topological polar surface area (TPSA) is 66.9 Å². The summed E-state index contributed by atoms with van der Waals surface area (Å²) in [5, 5.41) is 14.2. The van der Waals surface area contributed by atoms with E-state index in [2.05, 4.69) is 20.8 Å². The number of benzene rings is 1. The number of carbonyl (C=O) groups is 1. The van der Waals surface area contributed by atoms with Crippen LogP contribution in [0.3, 0.4) is 0 Å². The van der Waals surface area contributed by atoms with Gasteiger partial charge in [0.1, 0.15) is 5.82 Å². The van der Waals surface area contributed by atoms with Gasteiger partial charge in [0, 0.05) is 18.6 Å². The summed E-state index contributed by atoms with van der Waals surface area (Å²) in [6.07, 6.45) is 0.857. The molecule has 6 heteroatoms. The predicted molar refractivity (Wildman–Crippen MR) is 79.1 cm³/mol. The van der Waals surface area contributed by atoms with Crippen molar-refractivity contribution >= 4 is 23.3 Å². The summed E-state index contributed by atoms with van der Waals surface area (Å²) in [4.78, 5) is 11.3. The number of aromatic nitrogens is 2. The highest BCUT2D eigenvalue weighted by molar-refractivity contribution is 6.30. The molecule has 104 valence electrons. The average molecular weight is 291 g/mol. The molecule has 0 aliphatic rings. The second kappa shape index (κ2) is 6.86. The molecule has 0 radical (unpaired) electrons. The highest BCUT2D eigenvalue weighted by Crippen LogP contribution is 2.10. The fraction of sp³-hybridized carbons (Fsp3) is 0.214. The SMILES string of the molecule is CNC(=O)c1ccc(NCCc2ccc(Cl)cc2)nn1. The number of nitrogens with zero attached hydrogens (tertiary/aromatic N) is 2. The molecule has 5 nitrogen and oxygen atoms in total. The number of anilines is 1. The van der Waals surface area contributed by atoms with Crippen molar-refractivity contribution in [3.63, 3.8) is 0 Å². The Labute approximate surface area is 122 Å². The quantitative estimate of drug-likeness (QED) is 0.885. The summed E-state index contributed by atoms with van der Waals surface area (Å²) < 4.78 is 0. The Morgan fingerprint density at radius 1 is 1.15 bits per heavy atom. The van der Waals surface area contributed by atoms with Gasteiger partial charge in [-0.15, -0.1) is 10.2 Å². The standard InChI is InChI=1S/C14H15ClN4O/c1-16-14(20)12-6-7-13(19-18-12)17-9-8-10-2-4-11(15)5-3-10/h2-7H,8-9H2,1H3,(H,16,20)(H,17,19). The van der Waals surface area contributed by atoms with E-state index in [9.17, 15) is 4.79 Å². The first-order valence-corrected chi connectivity index (χ1v) is 6.61. The molecule has 1 amide bonds. The van der Waals surface area contributed by atoms with Crippen LogP contribution in [0.1, 0.15) is 16.1 Å². The third kappa shape index (κ3) is 3.93. The number of hydrogen-bond donors (Lipinski definition) is 2. The van der Waals surface area contributed by atoms with Crippen LogP contribution in [0, 0.1) is 0 Å². The first-order chi connectivity index (χ1) is 9.69. The molecule has 0 unspecified atom stereocenters. The van der Waals surface area contributed by atoms with Crippen LogP contribution in [0.25, 0.3) is 0 Å². The molecule has 2 rings (SSSR count). The van der Waals surface area contributed by atoms with Crippen LogP contribution >= 0.6 is 11.6 Å². The molecule has 0 atom stereocenters. The fourth-order valence-electron chi connectivity index (χ4n) is 1.66. The maximum absolute atomic E-state index is 11.3. The summed E-state index contributed by atoms with van der Waals surface area (Å²) in [6.45, 7) is 0.732. The molecule has 0 aliphatic carbocycles. The van der Waals surface area contributed by atoms with Crippen LogP contribution in [-0.2, 0) is 6.42 Å². The van der Waals surface area contributed by atoms with Gasteiger partial charge in [0.2, 0.25) is 0 Å². The van der Waals surface area contributed by atoms with Gasteiger partial charge in [-0.05, 0) is 36.2 Å². The molecule has 1 aromatic carbocycles. The summed E-state index contributed by atoms with van der Waals surface area (Å²) in [5.74, 6) is 0.400. The minimum absolute atomic E-state index is 0.245. The zero-order valence-corrected chi connectivity index (χ0v) is 11.8. The summed E-state index contributed by atoms with van der Waals surface area (Å²) in [7, 11) is 1.56. The lowest BCUT2D eigenvalue weighted by atomic mass is 10.1. The lowest BCUT2D eigenvalue weighted by molar-refractivity contribution is 0.0957. The smallest absolute Gasteiger partial charge is 0.271 e. The number of halogens is 1. The van der Waals surface area contributed by atoms with Crippen molar-refractivity contribution in [2.45, 2.75) is 6.42 Å². The van der Waals surface area contributed by atoms with Crippen LogP contribution in [0.2, 0.25) is 5.02 Å². The van der Waals surface area contributed by atoms with E-state index in [1.165, 1.54) is 5.56 Å². The molecule has 0 bridgehead atoms. The van der Waals surface area contributed by atoms with Crippen LogP contribution in [-0.4, -0.2) is 29.7 Å². The molecule has 20 heavy (non-hydrogen) atoms. The zero-order chi connectivity index (χ0) is 14.4. The van der Waals surface area contributed by atoms with Gasteiger partial charge in [-0.2, -0.15) is 0 Å². The van der Waals surface area contributed by atoms with E-state index in [1.54, 1.807) is 19.2 Å². The third-order valence-corrected chi connectivity index (χ3v) is 3.01. The van der Waals surface area contributed by atoms with E-state index in [0.29, 0.717) is 11.5 Å². The molecule has 0 aliphatic heterocycles. The van der Waals surface area contributed by atoms with Crippen LogP contribution in [0.15, 0.2) is 36.4 Å². The number of carbonyl (C=O) groups excluding carboxylic acids is 1. The monoisotopic (exact) mass is 290 g/mol. The van der Waals surface area contributed by atoms with Crippen LogP contribution < -0.4 is 10.6 Å². The summed E-state index contributed by atoms with van der Waals surface area (Å²) in [5.41, 5.74) is 1.49. The molecule has 0 fully saturated rings. The molecular weight excluding hydrogens is 276 g/mol. The van der Waals surface area contributed by atoms with Crippen molar-refractivity contribution in [2.24, 2.45) is 0 Å². The van der Waals surface area contributed by atoms with Gasteiger partial charge in [0.25, 0.3) is 5.91 Å². The van der Waals surface area contributed by atoms with E-state index in [4.69, 9.17) is 11.6 Å². The Morgan fingerprint density at radius 3 is 2.50 bits per heavy atom. The van der Waals surface area contributed by atoms with Gasteiger partial charge >= 0.3 is 0 Å². The molecule has 1 aromatic heterocycles. The Hall–Kier alpha value is -2.14. The zero-order valence-electron chi connectivity index (χ0n) is 11.1. The fourth-order valence-corrected chi connectivity index (χ4v) is 1.79. The van der Waals surface area contributed by atoms with Crippen molar-refractivity contribution in [3.8, 4) is 0 Å². The predicted octanol–water partition coefficient (Wildman–Crippen LogP) is 2.14. The summed E-state index contributed by atoms with van der Waals surface area (Å²) in [6, 6.07) is 11.1. The molecule has 2 N–H and O–H groups in total. The van der Waals surface area contributed by atoms with Gasteiger partial charge < -0.3 is 10.6 Å². The first kappa shape index (κ1) is 14.3. The highest BCUT2D eigenvalue weighted by Gasteiger charge is 2.05. The Morgan fingerprint density at radius 2 is 1.90 bits per heavy atom. The van der Waals surface area contributed by atoms with E-state index in [0.717, 1.165) is 18.0 Å². The summed E-state index contributed by atoms with van der Waals surface area (Å²) >= 11 is 5.83. The highest BCUT2D eigenvalue weighted by atomic mass is 35.5. The van der Waals surface area contributed by atoms with E-state index >= 15 is 0 Å². The van der Waals surface area contributed by atoms with E-state index in [-0.39, 0.29) is 5.91 Å². The number of amides is 1. The van der Waals surface area contributed by atoms with Crippen molar-refractivity contribution in [2.75, 3.05) is 18.9 Å². The van der Waals surface area contributed by atoms with Crippen molar-refractivity contribution in [1.82, 2.24) is 15.5 Å². The molecule has 0 saturated carbocycles. The second-order valence-electron chi connectivity index (χ2n) is 4.19. The number of nitrogens with one attached hydrogen (secondary N) is 2. The normalized spacial score (nSPS) is 10.1. The first-order valence-electron chi connectivity index (χ1n) is 6.23. The largest absolute Gasteiger partial charge is 0.368 e. The van der Waals surface area contributed by atoms with Gasteiger partial charge in [-0.1, -0.05) is 23.7 Å². The Bertz CT molecular complexity index is 569. The van der Waals surface area contributed by atoms with Crippen molar-refractivity contribution in [1.29, 1.82) is 0 Å². The van der Waals surface area contributed by atoms with Crippen LogP contribution in [0.5, 0.6) is 0 Å². The second-order valence-corrected chi connectivity index (χ2v) is 4.62. The Kier molecular flexibility index (Phi) is 4.90. The number of rotatable bonds is 5. The maximum atomic E-state index is 11.3. The molecule has 0 saturated heterocycles. The lowest BCUT2D eigenvalue weighted by Gasteiger charge is -2.05. The van der Waals surface area contributed by atoms with E-state index < -0.39 is 0 Å². The molecule has 1 heterocycles. The van der Waals surface area contributed by atoms with Gasteiger partial charge in [-0.25, -0.2) is 0 Å². The maximum Gasteiger partial charge on any atom is 0.271 e. The van der Waals surface area contributed by atoms with Crippen LogP contribution in [0.4, 0.5) is 5.82 Å². The number of hydrogen-bond acceptors (Lipinski definition) is 4. The Balaban J connectivity index is 1.85. The molecular formula is C14H15ClN4O. The van der Waals surface area contributed by atoms with Crippen molar-refractivity contribution in [3.05, 3.63) is 52.7 Å². The lowest BCUT2D eigenvalue weighted by Crippen LogP contribution is -2.20. The van der Waals surface area contributed by atoms with Gasteiger partial charge in [0.15, 0.2) is 5.69 Å². The minimum atomic E-state index is -0.245. The molecule has 2 aromatic rings. The van der Waals surface area contributed by atoms with Gasteiger partial charge in [-0.3, -0.25) is 4.79 Å². The third-order valence-electron chi connectivity index (χ3n) is 2.76. The van der Waals surface area contributed by atoms with Crippen molar-refractivity contribution < 1.29 is 4.79 Å². The van der Waals surface area contributed by atoms with E-state index in [1.807, 2.05) is 24.3 Å². The van der Waals surface area contributed by atoms with Gasteiger partial charge in [0.05, 0.1) is 0 Å². The minimum Gasteiger partial charge on any atom is -0.368 e.